The maximum atomic E-state index is 12.4. The molecule has 3 aromatic rings. The van der Waals surface area contributed by atoms with Gasteiger partial charge in [0.15, 0.2) is 5.13 Å². The Kier molecular flexibility index (Phi) is 3.70. The van der Waals surface area contributed by atoms with Gasteiger partial charge in [0.05, 0.1) is 15.9 Å². The van der Waals surface area contributed by atoms with E-state index in [-0.39, 0.29) is 5.91 Å². The van der Waals surface area contributed by atoms with Crippen molar-refractivity contribution in [2.75, 3.05) is 5.32 Å². The predicted molar refractivity (Wildman–Crippen MR) is 89.7 cm³/mol. The van der Waals surface area contributed by atoms with Crippen molar-refractivity contribution in [1.82, 2.24) is 14.8 Å². The highest BCUT2D eigenvalue weighted by Crippen LogP contribution is 2.31. The fraction of sp³-hybridized carbons (Fsp3) is 0.312. The molecular formula is C16H18N4OS. The monoisotopic (exact) mass is 314 g/mol. The number of fused-ring (bicyclic) bond motifs is 1. The maximum absolute atomic E-state index is 12.4. The lowest BCUT2D eigenvalue weighted by Crippen LogP contribution is -2.17. The SMILES string of the molecule is CCn1nc(C)cc1C(=O)Nc1nc2c(C)ccc(C)c2s1. The van der Waals surface area contributed by atoms with Crippen LogP contribution < -0.4 is 5.32 Å². The van der Waals surface area contributed by atoms with Crippen molar-refractivity contribution >= 4 is 32.6 Å². The first-order valence-electron chi connectivity index (χ1n) is 7.22. The second-order valence-electron chi connectivity index (χ2n) is 5.34. The Morgan fingerprint density at radius 3 is 2.68 bits per heavy atom. The first-order chi connectivity index (χ1) is 10.5. The first-order valence-corrected chi connectivity index (χ1v) is 8.03. The molecule has 1 amide bonds. The van der Waals surface area contributed by atoms with Crippen molar-refractivity contribution in [2.45, 2.75) is 34.2 Å². The van der Waals surface area contributed by atoms with Crippen LogP contribution in [0.3, 0.4) is 0 Å². The van der Waals surface area contributed by atoms with Gasteiger partial charge in [-0.1, -0.05) is 23.5 Å². The lowest BCUT2D eigenvalue weighted by molar-refractivity contribution is 0.101. The number of anilines is 1. The van der Waals surface area contributed by atoms with E-state index in [0.717, 1.165) is 21.5 Å². The molecule has 0 atom stereocenters. The zero-order chi connectivity index (χ0) is 15.9. The van der Waals surface area contributed by atoms with E-state index in [1.54, 1.807) is 10.7 Å². The van der Waals surface area contributed by atoms with Crippen LogP contribution >= 0.6 is 11.3 Å². The average Bonchev–Trinajstić information content (AvgIpc) is 3.07. The van der Waals surface area contributed by atoms with Gasteiger partial charge in [-0.15, -0.1) is 0 Å². The Bertz CT molecular complexity index is 824. The number of amides is 1. The summed E-state index contributed by atoms with van der Waals surface area (Å²) in [4.78, 5) is 17.0. The van der Waals surface area contributed by atoms with Gasteiger partial charge in [0.2, 0.25) is 0 Å². The van der Waals surface area contributed by atoms with E-state index in [2.05, 4.69) is 34.5 Å². The number of benzene rings is 1. The molecule has 1 aromatic carbocycles. The summed E-state index contributed by atoms with van der Waals surface area (Å²) in [6.45, 7) is 8.60. The molecule has 0 saturated carbocycles. The van der Waals surface area contributed by atoms with Crippen LogP contribution in [0, 0.1) is 20.8 Å². The van der Waals surface area contributed by atoms with Crippen LogP contribution in [-0.2, 0) is 6.54 Å². The van der Waals surface area contributed by atoms with E-state index in [0.29, 0.717) is 17.4 Å². The minimum Gasteiger partial charge on any atom is -0.296 e. The van der Waals surface area contributed by atoms with Crippen LogP contribution in [0.5, 0.6) is 0 Å². The summed E-state index contributed by atoms with van der Waals surface area (Å²) in [5, 5.41) is 7.82. The number of hydrogen-bond acceptors (Lipinski definition) is 4. The van der Waals surface area contributed by atoms with Crippen molar-refractivity contribution in [3.05, 3.63) is 40.7 Å². The minimum absolute atomic E-state index is 0.170. The van der Waals surface area contributed by atoms with Gasteiger partial charge in [0.25, 0.3) is 5.91 Å². The van der Waals surface area contributed by atoms with Gasteiger partial charge in [-0.2, -0.15) is 5.10 Å². The highest BCUT2D eigenvalue weighted by Gasteiger charge is 2.16. The summed E-state index contributed by atoms with van der Waals surface area (Å²) in [7, 11) is 0. The summed E-state index contributed by atoms with van der Waals surface area (Å²) >= 11 is 1.51. The molecule has 0 spiro atoms. The molecule has 2 aromatic heterocycles. The molecule has 0 aliphatic rings. The quantitative estimate of drug-likeness (QED) is 0.802. The van der Waals surface area contributed by atoms with Crippen molar-refractivity contribution < 1.29 is 4.79 Å². The molecule has 0 saturated heterocycles. The Morgan fingerprint density at radius 1 is 1.27 bits per heavy atom. The van der Waals surface area contributed by atoms with Gasteiger partial charge < -0.3 is 0 Å². The molecule has 114 valence electrons. The predicted octanol–water partition coefficient (Wildman–Crippen LogP) is 3.69. The Labute approximate surface area is 133 Å². The van der Waals surface area contributed by atoms with Crippen molar-refractivity contribution in [2.24, 2.45) is 0 Å². The van der Waals surface area contributed by atoms with Gasteiger partial charge in [-0.3, -0.25) is 14.8 Å². The fourth-order valence-corrected chi connectivity index (χ4v) is 3.45. The number of aromatic nitrogens is 3. The summed E-state index contributed by atoms with van der Waals surface area (Å²) in [6, 6.07) is 5.93. The molecule has 6 heteroatoms. The lowest BCUT2D eigenvalue weighted by atomic mass is 10.1. The van der Waals surface area contributed by atoms with Crippen LogP contribution in [0.2, 0.25) is 0 Å². The smallest absolute Gasteiger partial charge is 0.275 e. The van der Waals surface area contributed by atoms with E-state index in [1.165, 1.54) is 16.9 Å². The van der Waals surface area contributed by atoms with E-state index in [4.69, 9.17) is 0 Å². The van der Waals surface area contributed by atoms with Crippen LogP contribution in [0.4, 0.5) is 5.13 Å². The number of rotatable bonds is 3. The third-order valence-corrected chi connectivity index (χ3v) is 4.70. The number of hydrogen-bond donors (Lipinski definition) is 1. The normalized spacial score (nSPS) is 11.1. The average molecular weight is 314 g/mol. The van der Waals surface area contributed by atoms with Gasteiger partial charge in [-0.05, 0) is 44.9 Å². The van der Waals surface area contributed by atoms with E-state index in [1.807, 2.05) is 20.8 Å². The molecule has 2 heterocycles. The zero-order valence-electron chi connectivity index (χ0n) is 13.1. The standard InChI is InChI=1S/C16H18N4OS/c1-5-20-12(8-11(4)19-20)15(21)18-16-17-13-9(2)6-7-10(3)14(13)22-16/h6-8H,5H2,1-4H3,(H,17,18,21). The highest BCUT2D eigenvalue weighted by atomic mass is 32.1. The van der Waals surface area contributed by atoms with E-state index < -0.39 is 0 Å². The maximum Gasteiger partial charge on any atom is 0.275 e. The van der Waals surface area contributed by atoms with E-state index in [9.17, 15) is 4.79 Å². The summed E-state index contributed by atoms with van der Waals surface area (Å²) in [6.07, 6.45) is 0. The molecule has 0 aliphatic heterocycles. The molecule has 3 rings (SSSR count). The number of carbonyl (C=O) groups is 1. The number of nitrogens with one attached hydrogen (secondary N) is 1. The third-order valence-electron chi connectivity index (χ3n) is 3.60. The highest BCUT2D eigenvalue weighted by molar-refractivity contribution is 7.22. The molecule has 0 aliphatic carbocycles. The Balaban J connectivity index is 1.94. The van der Waals surface area contributed by atoms with Crippen molar-refractivity contribution in [1.29, 1.82) is 0 Å². The van der Waals surface area contributed by atoms with Crippen LogP contribution in [0.15, 0.2) is 18.2 Å². The Hall–Kier alpha value is -2.21. The third kappa shape index (κ3) is 2.50. The number of nitrogens with zero attached hydrogens (tertiary/aromatic N) is 3. The summed E-state index contributed by atoms with van der Waals surface area (Å²) in [5.74, 6) is -0.170. The first kappa shape index (κ1) is 14.7. The molecule has 0 unspecified atom stereocenters. The topological polar surface area (TPSA) is 59.8 Å². The van der Waals surface area contributed by atoms with Gasteiger partial charge in [0.1, 0.15) is 5.69 Å². The molecule has 0 fully saturated rings. The molecule has 1 N–H and O–H groups in total. The summed E-state index contributed by atoms with van der Waals surface area (Å²) < 4.78 is 2.82. The van der Waals surface area contributed by atoms with Crippen LogP contribution in [-0.4, -0.2) is 20.7 Å². The summed E-state index contributed by atoms with van der Waals surface area (Å²) in [5.41, 5.74) is 4.65. The fourth-order valence-electron chi connectivity index (χ4n) is 2.44. The van der Waals surface area contributed by atoms with Crippen molar-refractivity contribution in [3.63, 3.8) is 0 Å². The van der Waals surface area contributed by atoms with Crippen LogP contribution in [0.25, 0.3) is 10.2 Å². The second-order valence-corrected chi connectivity index (χ2v) is 6.34. The number of aryl methyl sites for hydroxylation is 4. The lowest BCUT2D eigenvalue weighted by Gasteiger charge is -2.03. The second kappa shape index (κ2) is 5.53. The largest absolute Gasteiger partial charge is 0.296 e. The zero-order valence-corrected chi connectivity index (χ0v) is 13.9. The molecule has 5 nitrogen and oxygen atoms in total. The van der Waals surface area contributed by atoms with Gasteiger partial charge in [0, 0.05) is 6.54 Å². The Morgan fingerprint density at radius 2 is 2.00 bits per heavy atom. The molecular weight excluding hydrogens is 296 g/mol. The van der Waals surface area contributed by atoms with Gasteiger partial charge in [-0.25, -0.2) is 4.98 Å². The molecule has 22 heavy (non-hydrogen) atoms. The van der Waals surface area contributed by atoms with Gasteiger partial charge >= 0.3 is 0 Å². The van der Waals surface area contributed by atoms with Crippen molar-refractivity contribution in [3.8, 4) is 0 Å². The minimum atomic E-state index is -0.170. The van der Waals surface area contributed by atoms with E-state index >= 15 is 0 Å². The molecule has 0 radical (unpaired) electrons. The number of thiazole rings is 1. The number of carbonyl (C=O) groups excluding carboxylic acids is 1. The van der Waals surface area contributed by atoms with Crippen LogP contribution in [0.1, 0.15) is 34.2 Å². The molecule has 0 bridgehead atoms.